The molecule has 11 nitrogen and oxygen atoms in total. The van der Waals surface area contributed by atoms with Crippen LogP contribution in [-0.2, 0) is 34.1 Å². The number of anilines is 1. The number of ether oxygens (including phenoxy) is 2. The fraction of sp³-hybridized carbons (Fsp3) is 0.368. The number of fused-ring (bicyclic) bond motifs is 2. The van der Waals surface area contributed by atoms with Crippen molar-refractivity contribution in [2.75, 3.05) is 19.0 Å². The number of aromatic nitrogens is 4. The van der Waals surface area contributed by atoms with Gasteiger partial charge in [-0.2, -0.15) is 17.5 Å². The average Bonchev–Trinajstić information content (AvgIpc) is 3.51. The van der Waals surface area contributed by atoms with E-state index in [2.05, 4.69) is 20.6 Å². The van der Waals surface area contributed by atoms with Gasteiger partial charge in [0.25, 0.3) is 0 Å². The molecular formula is C38H41F3N6O5S. The molecule has 0 bridgehead atoms. The van der Waals surface area contributed by atoms with Crippen molar-refractivity contribution in [2.24, 2.45) is 5.41 Å². The molecule has 2 aromatic heterocycles. The number of carbonyl (C=O) groups excluding carboxylic acids is 1. The van der Waals surface area contributed by atoms with Gasteiger partial charge in [0.2, 0.25) is 15.9 Å². The normalized spacial score (nSPS) is 16.8. The lowest BCUT2D eigenvalue weighted by Gasteiger charge is -2.35. The zero-order chi connectivity index (χ0) is 38.5. The largest absolute Gasteiger partial charge is 0.494 e. The van der Waals surface area contributed by atoms with Crippen LogP contribution in [0.2, 0.25) is 0 Å². The minimum Gasteiger partial charge on any atom is -0.494 e. The summed E-state index contributed by atoms with van der Waals surface area (Å²) >= 11 is 0. The second kappa shape index (κ2) is 14.1. The zero-order valence-electron chi connectivity index (χ0n) is 30.4. The molecule has 1 aliphatic rings. The quantitative estimate of drug-likeness (QED) is 0.167. The monoisotopic (exact) mass is 750 g/mol. The van der Waals surface area contributed by atoms with Crippen LogP contribution in [0, 0.1) is 19.3 Å². The Morgan fingerprint density at radius 1 is 1.11 bits per heavy atom. The molecule has 0 aliphatic carbocycles. The molecule has 280 valence electrons. The number of rotatable bonds is 9. The lowest BCUT2D eigenvalue weighted by Crippen LogP contribution is -2.37. The topological polar surface area (TPSA) is 129 Å². The molecule has 1 aliphatic heterocycles. The van der Waals surface area contributed by atoms with Crippen molar-refractivity contribution in [1.29, 1.82) is 0 Å². The van der Waals surface area contributed by atoms with Crippen LogP contribution in [0.3, 0.4) is 0 Å². The van der Waals surface area contributed by atoms with Gasteiger partial charge in [0, 0.05) is 25.2 Å². The maximum atomic E-state index is 14.3. The van der Waals surface area contributed by atoms with Crippen LogP contribution in [0.4, 0.5) is 18.9 Å². The summed E-state index contributed by atoms with van der Waals surface area (Å²) in [6.45, 7) is 11.3. The number of halogens is 3. The first-order chi connectivity index (χ1) is 25.0. The molecule has 5 aromatic rings. The second-order valence-corrected chi connectivity index (χ2v) is 15.7. The Bertz CT molecular complexity index is 2290. The number of alkyl halides is 3. The molecule has 3 heterocycles. The smallest absolute Gasteiger partial charge is 0.416 e. The molecule has 0 saturated carbocycles. The number of benzene rings is 3. The summed E-state index contributed by atoms with van der Waals surface area (Å²) in [4.78, 5) is 17.8. The molecule has 15 heteroatoms. The van der Waals surface area contributed by atoms with E-state index in [-0.39, 0.29) is 24.7 Å². The van der Waals surface area contributed by atoms with Gasteiger partial charge in [-0.1, -0.05) is 37.3 Å². The molecule has 1 N–H and O–H groups in total. The Labute approximate surface area is 306 Å². The molecule has 1 amide bonds. The highest BCUT2D eigenvalue weighted by molar-refractivity contribution is 7.89. The number of hydrogen-bond donors (Lipinski definition) is 1. The van der Waals surface area contributed by atoms with Crippen LogP contribution in [0.5, 0.6) is 11.5 Å². The number of pyridine rings is 1. The molecule has 6 rings (SSSR count). The van der Waals surface area contributed by atoms with Gasteiger partial charge in [-0.3, -0.25) is 9.78 Å². The minimum atomic E-state index is -4.75. The molecule has 0 radical (unpaired) electrons. The number of hydrogen-bond acceptors (Lipinski definition) is 8. The predicted molar refractivity (Wildman–Crippen MR) is 193 cm³/mol. The van der Waals surface area contributed by atoms with Crippen molar-refractivity contribution in [1.82, 2.24) is 24.3 Å². The number of aryl methyl sites for hydroxylation is 3. The SMILES string of the molecule is CCn1nnc2c(C)c([C@H](c3ccc(C)c(CN4C[C@@H](C)Oc5ccc(C(F)(F)F)cc5S4(=O)=O)c3)C(C)(C)C(=O)Nc3cccnc3)cc(OC)c21. The lowest BCUT2D eigenvalue weighted by atomic mass is 9.69. The van der Waals surface area contributed by atoms with Gasteiger partial charge in [0.05, 0.1) is 36.5 Å². The molecule has 0 saturated heterocycles. The van der Waals surface area contributed by atoms with E-state index >= 15 is 0 Å². The summed E-state index contributed by atoms with van der Waals surface area (Å²) in [5, 5.41) is 11.8. The van der Waals surface area contributed by atoms with Gasteiger partial charge in [-0.25, -0.2) is 13.1 Å². The highest BCUT2D eigenvalue weighted by Gasteiger charge is 2.42. The van der Waals surface area contributed by atoms with Gasteiger partial charge >= 0.3 is 6.18 Å². The minimum absolute atomic E-state index is 0.107. The van der Waals surface area contributed by atoms with E-state index in [4.69, 9.17) is 9.47 Å². The van der Waals surface area contributed by atoms with Crippen molar-refractivity contribution >= 4 is 32.7 Å². The summed E-state index contributed by atoms with van der Waals surface area (Å²) in [6, 6.07) is 13.5. The Kier molecular flexibility index (Phi) is 10.0. The van der Waals surface area contributed by atoms with Gasteiger partial charge in [-0.05, 0) is 91.9 Å². The molecule has 0 spiro atoms. The Morgan fingerprint density at radius 2 is 1.87 bits per heavy atom. The first-order valence-electron chi connectivity index (χ1n) is 17.1. The maximum absolute atomic E-state index is 14.3. The van der Waals surface area contributed by atoms with Crippen LogP contribution in [0.25, 0.3) is 11.0 Å². The number of amides is 1. The number of nitrogens with one attached hydrogen (secondary N) is 1. The van der Waals surface area contributed by atoms with E-state index in [9.17, 15) is 26.4 Å². The third kappa shape index (κ3) is 7.07. The number of nitrogens with zero attached hydrogens (tertiary/aromatic N) is 5. The van der Waals surface area contributed by atoms with Crippen molar-refractivity contribution in [3.8, 4) is 11.5 Å². The van der Waals surface area contributed by atoms with Crippen molar-refractivity contribution < 1.29 is 35.9 Å². The number of carbonyl (C=O) groups is 1. The lowest BCUT2D eigenvalue weighted by molar-refractivity contribution is -0.137. The van der Waals surface area contributed by atoms with Crippen LogP contribution in [0.1, 0.15) is 67.0 Å². The third-order valence-corrected chi connectivity index (χ3v) is 11.7. The first kappa shape index (κ1) is 37.7. The average molecular weight is 751 g/mol. The molecule has 2 atom stereocenters. The van der Waals surface area contributed by atoms with Gasteiger partial charge in [0.1, 0.15) is 33.5 Å². The number of methoxy groups -OCH3 is 1. The highest BCUT2D eigenvalue weighted by Crippen LogP contribution is 2.47. The van der Waals surface area contributed by atoms with Gasteiger partial charge in [0.15, 0.2) is 0 Å². The summed E-state index contributed by atoms with van der Waals surface area (Å²) < 4.78 is 83.9. The predicted octanol–water partition coefficient (Wildman–Crippen LogP) is 7.26. The molecule has 0 unspecified atom stereocenters. The van der Waals surface area contributed by atoms with Crippen LogP contribution < -0.4 is 14.8 Å². The van der Waals surface area contributed by atoms with Gasteiger partial charge in [-0.15, -0.1) is 5.10 Å². The summed E-state index contributed by atoms with van der Waals surface area (Å²) in [5.41, 5.74) is 3.19. The highest BCUT2D eigenvalue weighted by atomic mass is 32.2. The summed E-state index contributed by atoms with van der Waals surface area (Å²) in [7, 11) is -2.89. The second-order valence-electron chi connectivity index (χ2n) is 13.8. The van der Waals surface area contributed by atoms with E-state index in [1.165, 1.54) is 0 Å². The third-order valence-electron chi connectivity index (χ3n) is 9.83. The van der Waals surface area contributed by atoms with Crippen molar-refractivity contribution in [3.63, 3.8) is 0 Å². The van der Waals surface area contributed by atoms with E-state index < -0.39 is 44.1 Å². The Balaban J connectivity index is 1.49. The molecule has 0 fully saturated rings. The number of sulfonamides is 1. The van der Waals surface area contributed by atoms with E-state index in [0.717, 1.165) is 33.1 Å². The van der Waals surface area contributed by atoms with Crippen molar-refractivity contribution in [3.05, 3.63) is 100 Å². The summed E-state index contributed by atoms with van der Waals surface area (Å²) in [5.74, 6) is -0.553. The van der Waals surface area contributed by atoms with Crippen LogP contribution in [-0.4, -0.2) is 58.4 Å². The van der Waals surface area contributed by atoms with Gasteiger partial charge < -0.3 is 14.8 Å². The van der Waals surface area contributed by atoms with Crippen LogP contribution in [0.15, 0.2) is 71.9 Å². The van der Waals surface area contributed by atoms with Crippen molar-refractivity contribution in [2.45, 2.75) is 77.7 Å². The zero-order valence-corrected chi connectivity index (χ0v) is 31.3. The Hall–Kier alpha value is -5.02. The first-order valence-corrected chi connectivity index (χ1v) is 18.5. The van der Waals surface area contributed by atoms with Crippen LogP contribution >= 0.6 is 0 Å². The molecular weight excluding hydrogens is 710 g/mol. The van der Waals surface area contributed by atoms with E-state index in [0.29, 0.717) is 46.2 Å². The fourth-order valence-electron chi connectivity index (χ4n) is 6.93. The fourth-order valence-corrected chi connectivity index (χ4v) is 8.57. The van der Waals surface area contributed by atoms with E-state index in [1.807, 2.05) is 58.9 Å². The maximum Gasteiger partial charge on any atom is 0.416 e. The summed E-state index contributed by atoms with van der Waals surface area (Å²) in [6.07, 6.45) is -2.25. The standard InChI is InChI=1S/C38H41F3N6O5S/c1-8-47-35-31(51-7)18-29(24(4)34(35)44-45-47)33(37(5,6)36(48)43-28-10-9-15-42-19-28)25-12-11-22(2)26(16-25)21-46-20-23(3)52-30-14-13-27(38(39,40)41)17-32(30)53(46,49)50/h9-19,23,33H,8,20-21H2,1-7H3,(H,43,48)/t23-,33+/m1/s1. The van der Waals surface area contributed by atoms with E-state index in [1.54, 1.807) is 43.2 Å². The Morgan fingerprint density at radius 3 is 2.53 bits per heavy atom. The molecule has 3 aromatic carbocycles. The molecule has 53 heavy (non-hydrogen) atoms.